The molecule has 0 saturated heterocycles. The fourth-order valence-electron chi connectivity index (χ4n) is 2.58. The van der Waals surface area contributed by atoms with Crippen LogP contribution in [0.1, 0.15) is 34.8 Å². The molecule has 1 aromatic carbocycles. The summed E-state index contributed by atoms with van der Waals surface area (Å²) in [7, 11) is 0. The molecule has 3 heteroatoms. The average Bonchev–Trinajstić information content (AvgIpc) is 2.80. The highest BCUT2D eigenvalue weighted by molar-refractivity contribution is 5.37. The van der Waals surface area contributed by atoms with Crippen molar-refractivity contribution in [1.82, 2.24) is 15.3 Å². The third-order valence-electron chi connectivity index (χ3n) is 3.55. The van der Waals surface area contributed by atoms with Gasteiger partial charge in [-0.25, -0.2) is 9.97 Å². The molecule has 3 rings (SSSR count). The summed E-state index contributed by atoms with van der Waals surface area (Å²) < 4.78 is 0. The Bertz CT molecular complexity index is 537. The van der Waals surface area contributed by atoms with Crippen LogP contribution in [0.2, 0.25) is 0 Å². The van der Waals surface area contributed by atoms with Gasteiger partial charge in [-0.2, -0.15) is 0 Å². The minimum absolute atomic E-state index is 0.467. The van der Waals surface area contributed by atoms with E-state index in [1.54, 1.807) is 12.5 Å². The number of hydrogen-bond donors (Lipinski definition) is 1. The van der Waals surface area contributed by atoms with Crippen LogP contribution >= 0.6 is 0 Å². The van der Waals surface area contributed by atoms with E-state index in [1.165, 1.54) is 29.5 Å². The molecule has 1 heterocycles. The van der Waals surface area contributed by atoms with Crippen LogP contribution in [-0.4, -0.2) is 9.97 Å². The molecule has 3 nitrogen and oxygen atoms in total. The van der Waals surface area contributed by atoms with Crippen LogP contribution in [-0.2, 0) is 13.0 Å². The first-order valence-electron chi connectivity index (χ1n) is 6.40. The van der Waals surface area contributed by atoms with Crippen molar-refractivity contribution in [3.05, 3.63) is 59.2 Å². The Morgan fingerprint density at radius 2 is 2.28 bits per heavy atom. The highest BCUT2D eigenvalue weighted by Gasteiger charge is 2.21. The second kappa shape index (κ2) is 4.86. The minimum atomic E-state index is 0.467. The number of hydrogen-bond acceptors (Lipinski definition) is 3. The smallest absolute Gasteiger partial charge is 0.115 e. The first-order valence-corrected chi connectivity index (χ1v) is 6.40. The first kappa shape index (κ1) is 11.4. The summed E-state index contributed by atoms with van der Waals surface area (Å²) in [6.45, 7) is 2.96. The van der Waals surface area contributed by atoms with Crippen molar-refractivity contribution in [3.63, 3.8) is 0 Å². The summed E-state index contributed by atoms with van der Waals surface area (Å²) >= 11 is 0. The summed E-state index contributed by atoms with van der Waals surface area (Å²) in [5.74, 6) is 0. The third-order valence-corrected chi connectivity index (χ3v) is 3.55. The number of fused-ring (bicyclic) bond motifs is 1. The van der Waals surface area contributed by atoms with E-state index in [0.29, 0.717) is 6.04 Å². The van der Waals surface area contributed by atoms with Crippen LogP contribution < -0.4 is 5.32 Å². The largest absolute Gasteiger partial charge is 0.304 e. The number of aromatic nitrogens is 2. The van der Waals surface area contributed by atoms with E-state index in [2.05, 4.69) is 40.4 Å². The van der Waals surface area contributed by atoms with Crippen molar-refractivity contribution in [2.45, 2.75) is 32.4 Å². The van der Waals surface area contributed by atoms with Gasteiger partial charge < -0.3 is 5.32 Å². The molecule has 0 aliphatic heterocycles. The van der Waals surface area contributed by atoms with Crippen molar-refractivity contribution in [1.29, 1.82) is 0 Å². The van der Waals surface area contributed by atoms with Gasteiger partial charge in [-0.05, 0) is 37.0 Å². The molecule has 18 heavy (non-hydrogen) atoms. The van der Waals surface area contributed by atoms with Crippen molar-refractivity contribution in [2.75, 3.05) is 0 Å². The standard InChI is InChI=1S/C15H17N3/c1-11-2-3-12-4-5-15(14(12)8-11)17-9-13-6-7-16-10-18-13/h2-3,6-8,10,15,17H,4-5,9H2,1H3. The van der Waals surface area contributed by atoms with E-state index < -0.39 is 0 Å². The molecule has 0 amide bonds. The SMILES string of the molecule is Cc1ccc2c(c1)C(NCc1ccncn1)CC2. The average molecular weight is 239 g/mol. The fraction of sp³-hybridized carbons (Fsp3) is 0.333. The maximum Gasteiger partial charge on any atom is 0.115 e. The molecule has 1 N–H and O–H groups in total. The van der Waals surface area contributed by atoms with Crippen molar-refractivity contribution >= 4 is 0 Å². The maximum absolute atomic E-state index is 4.24. The molecule has 0 saturated carbocycles. The second-order valence-electron chi connectivity index (χ2n) is 4.88. The quantitative estimate of drug-likeness (QED) is 0.894. The fourth-order valence-corrected chi connectivity index (χ4v) is 2.58. The van der Waals surface area contributed by atoms with Crippen molar-refractivity contribution in [3.8, 4) is 0 Å². The van der Waals surface area contributed by atoms with E-state index in [1.807, 2.05) is 6.07 Å². The van der Waals surface area contributed by atoms with Gasteiger partial charge in [0.15, 0.2) is 0 Å². The zero-order valence-electron chi connectivity index (χ0n) is 10.6. The van der Waals surface area contributed by atoms with Gasteiger partial charge >= 0.3 is 0 Å². The predicted molar refractivity (Wildman–Crippen MR) is 71.1 cm³/mol. The lowest BCUT2D eigenvalue weighted by Gasteiger charge is -2.14. The van der Waals surface area contributed by atoms with E-state index in [-0.39, 0.29) is 0 Å². The number of benzene rings is 1. The highest BCUT2D eigenvalue weighted by Crippen LogP contribution is 2.31. The summed E-state index contributed by atoms with van der Waals surface area (Å²) in [5.41, 5.74) is 5.33. The van der Waals surface area contributed by atoms with Crippen LogP contribution in [0.5, 0.6) is 0 Å². The lowest BCUT2D eigenvalue weighted by Crippen LogP contribution is -2.19. The normalized spacial score (nSPS) is 17.7. The zero-order valence-corrected chi connectivity index (χ0v) is 10.6. The Labute approximate surface area is 107 Å². The molecular weight excluding hydrogens is 222 g/mol. The molecule has 0 fully saturated rings. The number of nitrogens with one attached hydrogen (secondary N) is 1. The molecule has 0 radical (unpaired) electrons. The van der Waals surface area contributed by atoms with Gasteiger partial charge in [-0.15, -0.1) is 0 Å². The Hall–Kier alpha value is -1.74. The van der Waals surface area contributed by atoms with Crippen LogP contribution in [0.25, 0.3) is 0 Å². The van der Waals surface area contributed by atoms with E-state index in [4.69, 9.17) is 0 Å². The molecule has 1 atom stereocenters. The molecule has 0 spiro atoms. The number of nitrogens with zero attached hydrogens (tertiary/aromatic N) is 2. The Balaban J connectivity index is 1.71. The summed E-state index contributed by atoms with van der Waals surface area (Å²) in [4.78, 5) is 8.17. The number of aryl methyl sites for hydroxylation is 2. The maximum atomic E-state index is 4.24. The molecule has 2 aromatic rings. The minimum Gasteiger partial charge on any atom is -0.304 e. The van der Waals surface area contributed by atoms with Crippen molar-refractivity contribution < 1.29 is 0 Å². The third kappa shape index (κ3) is 2.27. The highest BCUT2D eigenvalue weighted by atomic mass is 14.9. The molecule has 0 bridgehead atoms. The van der Waals surface area contributed by atoms with Crippen LogP contribution in [0.4, 0.5) is 0 Å². The molecular formula is C15H17N3. The van der Waals surface area contributed by atoms with Gasteiger partial charge in [0, 0.05) is 18.8 Å². The molecule has 1 aromatic heterocycles. The van der Waals surface area contributed by atoms with Crippen LogP contribution in [0.3, 0.4) is 0 Å². The molecule has 1 aliphatic rings. The Morgan fingerprint density at radius 3 is 3.11 bits per heavy atom. The van der Waals surface area contributed by atoms with E-state index in [9.17, 15) is 0 Å². The van der Waals surface area contributed by atoms with Crippen LogP contribution in [0.15, 0.2) is 36.8 Å². The lowest BCUT2D eigenvalue weighted by atomic mass is 10.1. The van der Waals surface area contributed by atoms with Crippen molar-refractivity contribution in [2.24, 2.45) is 0 Å². The lowest BCUT2D eigenvalue weighted by molar-refractivity contribution is 0.524. The summed E-state index contributed by atoms with van der Waals surface area (Å²) in [6, 6.07) is 9.19. The van der Waals surface area contributed by atoms with Gasteiger partial charge in [-0.1, -0.05) is 23.8 Å². The zero-order chi connectivity index (χ0) is 12.4. The van der Waals surface area contributed by atoms with Gasteiger partial charge in [0.25, 0.3) is 0 Å². The summed E-state index contributed by atoms with van der Waals surface area (Å²) in [5, 5.41) is 3.59. The van der Waals surface area contributed by atoms with Gasteiger partial charge in [0.05, 0.1) is 5.69 Å². The summed E-state index contributed by atoms with van der Waals surface area (Å²) in [6.07, 6.45) is 5.75. The molecule has 92 valence electrons. The second-order valence-corrected chi connectivity index (χ2v) is 4.88. The van der Waals surface area contributed by atoms with Crippen LogP contribution in [0, 0.1) is 6.92 Å². The molecule has 1 aliphatic carbocycles. The first-order chi connectivity index (χ1) is 8.83. The molecule has 1 unspecified atom stereocenters. The predicted octanol–water partition coefficient (Wildman–Crippen LogP) is 2.56. The van der Waals surface area contributed by atoms with Gasteiger partial charge in [0.2, 0.25) is 0 Å². The van der Waals surface area contributed by atoms with E-state index in [0.717, 1.165) is 12.2 Å². The number of rotatable bonds is 3. The monoisotopic (exact) mass is 239 g/mol. The van der Waals surface area contributed by atoms with E-state index >= 15 is 0 Å². The van der Waals surface area contributed by atoms with Gasteiger partial charge in [0.1, 0.15) is 6.33 Å². The topological polar surface area (TPSA) is 37.8 Å². The van der Waals surface area contributed by atoms with Gasteiger partial charge in [-0.3, -0.25) is 0 Å². The Kier molecular flexibility index (Phi) is 3.07. The Morgan fingerprint density at radius 1 is 1.33 bits per heavy atom.